The Labute approximate surface area is 89.0 Å². The Balaban J connectivity index is 2.77. The maximum atomic E-state index is 10.9. The quantitative estimate of drug-likeness (QED) is 0.604. The van der Waals surface area contributed by atoms with Gasteiger partial charge in [-0.2, -0.15) is 0 Å². The summed E-state index contributed by atoms with van der Waals surface area (Å²) in [5.74, 6) is 0.260. The van der Waals surface area contributed by atoms with Crippen LogP contribution in [0.1, 0.15) is 11.1 Å². The van der Waals surface area contributed by atoms with Crippen molar-refractivity contribution in [2.75, 3.05) is 19.5 Å². The summed E-state index contributed by atoms with van der Waals surface area (Å²) in [5, 5.41) is 0. The van der Waals surface area contributed by atoms with E-state index in [1.54, 1.807) is 0 Å². The lowest BCUT2D eigenvalue weighted by atomic mass is 10.1. The fourth-order valence-electron chi connectivity index (χ4n) is 1.16. The predicted octanol–water partition coefficient (Wildman–Crippen LogP) is 1.44. The molecule has 1 aromatic carbocycles. The molecule has 0 spiro atoms. The maximum absolute atomic E-state index is 10.9. The van der Waals surface area contributed by atoms with Gasteiger partial charge in [0, 0.05) is 5.69 Å². The van der Waals surface area contributed by atoms with E-state index in [9.17, 15) is 4.79 Å². The molecule has 4 heteroatoms. The largest absolute Gasteiger partial charge is 0.482 e. The van der Waals surface area contributed by atoms with Crippen molar-refractivity contribution in [3.05, 3.63) is 23.3 Å². The SMILES string of the molecule is COC(=O)COc1cc(C)c(N)cc1C. The monoisotopic (exact) mass is 209 g/mol. The standard InChI is InChI=1S/C11H15NO3/c1-7-5-10(8(2)4-9(7)12)15-6-11(13)14-3/h4-5H,6,12H2,1-3H3. The molecule has 4 nitrogen and oxygen atoms in total. The smallest absolute Gasteiger partial charge is 0.343 e. The van der Waals surface area contributed by atoms with Crippen LogP contribution in [0.3, 0.4) is 0 Å². The lowest BCUT2D eigenvalue weighted by Gasteiger charge is -2.10. The van der Waals surface area contributed by atoms with Crippen LogP contribution in [0.25, 0.3) is 0 Å². The number of hydrogen-bond donors (Lipinski definition) is 1. The molecule has 2 N–H and O–H groups in total. The molecule has 0 unspecified atom stereocenters. The minimum Gasteiger partial charge on any atom is -0.482 e. The first-order valence-electron chi connectivity index (χ1n) is 4.61. The average molecular weight is 209 g/mol. The Bertz CT molecular complexity index is 374. The van der Waals surface area contributed by atoms with Gasteiger partial charge < -0.3 is 15.2 Å². The number of anilines is 1. The molecule has 0 bridgehead atoms. The summed E-state index contributed by atoms with van der Waals surface area (Å²) in [6.07, 6.45) is 0. The van der Waals surface area contributed by atoms with Gasteiger partial charge in [0.25, 0.3) is 0 Å². The Morgan fingerprint density at radius 3 is 2.60 bits per heavy atom. The van der Waals surface area contributed by atoms with E-state index in [1.807, 2.05) is 26.0 Å². The predicted molar refractivity (Wildman–Crippen MR) is 57.8 cm³/mol. The third-order valence-electron chi connectivity index (χ3n) is 2.14. The van der Waals surface area contributed by atoms with Crippen molar-refractivity contribution in [3.8, 4) is 5.75 Å². The molecule has 1 rings (SSSR count). The first kappa shape index (κ1) is 11.4. The number of carbonyl (C=O) groups is 1. The fraction of sp³-hybridized carbons (Fsp3) is 0.364. The number of aryl methyl sites for hydroxylation is 2. The van der Waals surface area contributed by atoms with Crippen molar-refractivity contribution < 1.29 is 14.3 Å². The molecule has 1 aromatic rings. The molecule has 0 aliphatic carbocycles. The molecule has 0 aliphatic rings. The number of methoxy groups -OCH3 is 1. The summed E-state index contributed by atoms with van der Waals surface area (Å²) in [6, 6.07) is 3.63. The van der Waals surface area contributed by atoms with Crippen molar-refractivity contribution in [3.63, 3.8) is 0 Å². The van der Waals surface area contributed by atoms with Gasteiger partial charge in [0.1, 0.15) is 5.75 Å². The summed E-state index contributed by atoms with van der Waals surface area (Å²) in [4.78, 5) is 10.9. The Kier molecular flexibility index (Phi) is 3.55. The van der Waals surface area contributed by atoms with Crippen LogP contribution in [-0.2, 0) is 9.53 Å². The Morgan fingerprint density at radius 1 is 1.33 bits per heavy atom. The molecule has 0 atom stereocenters. The van der Waals surface area contributed by atoms with Gasteiger partial charge in [0.15, 0.2) is 6.61 Å². The minimum atomic E-state index is -0.399. The highest BCUT2D eigenvalue weighted by Crippen LogP contribution is 2.24. The van der Waals surface area contributed by atoms with Crippen molar-refractivity contribution in [1.82, 2.24) is 0 Å². The van der Waals surface area contributed by atoms with E-state index in [0.29, 0.717) is 5.75 Å². The van der Waals surface area contributed by atoms with Gasteiger partial charge in [-0.1, -0.05) is 0 Å². The second-order valence-electron chi connectivity index (χ2n) is 3.34. The summed E-state index contributed by atoms with van der Waals surface area (Å²) in [5.41, 5.74) is 8.28. The highest BCUT2D eigenvalue weighted by molar-refractivity contribution is 5.71. The second kappa shape index (κ2) is 4.68. The normalized spacial score (nSPS) is 9.80. The number of hydrogen-bond acceptors (Lipinski definition) is 4. The van der Waals surface area contributed by atoms with Crippen molar-refractivity contribution >= 4 is 11.7 Å². The number of nitrogens with two attached hydrogens (primary N) is 1. The zero-order valence-electron chi connectivity index (χ0n) is 9.16. The van der Waals surface area contributed by atoms with Crippen LogP contribution >= 0.6 is 0 Å². The van der Waals surface area contributed by atoms with Gasteiger partial charge in [-0.25, -0.2) is 4.79 Å². The fourth-order valence-corrected chi connectivity index (χ4v) is 1.16. The summed E-state index contributed by atoms with van der Waals surface area (Å²) < 4.78 is 9.77. The van der Waals surface area contributed by atoms with Crippen LogP contribution in [0.15, 0.2) is 12.1 Å². The topological polar surface area (TPSA) is 61.5 Å². The summed E-state index contributed by atoms with van der Waals surface area (Å²) in [6.45, 7) is 3.68. The third kappa shape index (κ3) is 2.87. The minimum absolute atomic E-state index is 0.0826. The van der Waals surface area contributed by atoms with Crippen molar-refractivity contribution in [1.29, 1.82) is 0 Å². The van der Waals surface area contributed by atoms with Gasteiger partial charge in [-0.3, -0.25) is 0 Å². The first-order chi connectivity index (χ1) is 7.04. The molecule has 0 radical (unpaired) electrons. The number of benzene rings is 1. The van der Waals surface area contributed by atoms with Gasteiger partial charge in [0.05, 0.1) is 7.11 Å². The number of esters is 1. The summed E-state index contributed by atoms with van der Waals surface area (Å²) >= 11 is 0. The van der Waals surface area contributed by atoms with Crippen molar-refractivity contribution in [2.24, 2.45) is 0 Å². The van der Waals surface area contributed by atoms with E-state index in [-0.39, 0.29) is 6.61 Å². The Hall–Kier alpha value is -1.71. The van der Waals surface area contributed by atoms with Gasteiger partial charge >= 0.3 is 5.97 Å². The number of carbonyl (C=O) groups excluding carboxylic acids is 1. The molecule has 0 amide bonds. The van der Waals surface area contributed by atoms with Crippen LogP contribution in [0.2, 0.25) is 0 Å². The first-order valence-corrected chi connectivity index (χ1v) is 4.61. The van der Waals surface area contributed by atoms with Gasteiger partial charge in [-0.15, -0.1) is 0 Å². The van der Waals surface area contributed by atoms with E-state index >= 15 is 0 Å². The lowest BCUT2D eigenvalue weighted by molar-refractivity contribution is -0.142. The highest BCUT2D eigenvalue weighted by atomic mass is 16.6. The van der Waals surface area contributed by atoms with Crippen LogP contribution in [-0.4, -0.2) is 19.7 Å². The van der Waals surface area contributed by atoms with Crippen LogP contribution in [0, 0.1) is 13.8 Å². The molecule has 0 aliphatic heterocycles. The molecule has 0 saturated carbocycles. The summed E-state index contributed by atoms with van der Waals surface area (Å²) in [7, 11) is 1.33. The molecule has 82 valence electrons. The Morgan fingerprint density at radius 2 is 2.00 bits per heavy atom. The van der Waals surface area contributed by atoms with Crippen LogP contribution < -0.4 is 10.5 Å². The number of ether oxygens (including phenoxy) is 2. The molecular weight excluding hydrogens is 194 g/mol. The molecular formula is C11H15NO3. The van der Waals surface area contributed by atoms with Crippen LogP contribution in [0.4, 0.5) is 5.69 Å². The van der Waals surface area contributed by atoms with Gasteiger partial charge in [0.2, 0.25) is 0 Å². The highest BCUT2D eigenvalue weighted by Gasteiger charge is 2.06. The van der Waals surface area contributed by atoms with E-state index in [0.717, 1.165) is 16.8 Å². The third-order valence-corrected chi connectivity index (χ3v) is 2.14. The van der Waals surface area contributed by atoms with E-state index in [1.165, 1.54) is 7.11 Å². The molecule has 0 saturated heterocycles. The average Bonchev–Trinajstić information content (AvgIpc) is 2.21. The second-order valence-corrected chi connectivity index (χ2v) is 3.34. The van der Waals surface area contributed by atoms with Crippen molar-refractivity contribution in [2.45, 2.75) is 13.8 Å². The van der Waals surface area contributed by atoms with E-state index in [2.05, 4.69) is 4.74 Å². The molecule has 0 fully saturated rings. The van der Waals surface area contributed by atoms with Gasteiger partial charge in [-0.05, 0) is 37.1 Å². The molecule has 15 heavy (non-hydrogen) atoms. The number of rotatable bonds is 3. The zero-order valence-corrected chi connectivity index (χ0v) is 9.16. The maximum Gasteiger partial charge on any atom is 0.343 e. The lowest BCUT2D eigenvalue weighted by Crippen LogP contribution is -2.13. The molecule has 0 heterocycles. The van der Waals surface area contributed by atoms with E-state index in [4.69, 9.17) is 10.5 Å². The molecule has 0 aromatic heterocycles. The zero-order chi connectivity index (χ0) is 11.4. The number of nitrogen functional groups attached to an aromatic ring is 1. The van der Waals surface area contributed by atoms with Crippen LogP contribution in [0.5, 0.6) is 5.75 Å². The van der Waals surface area contributed by atoms with E-state index < -0.39 is 5.97 Å².